The molecule has 0 saturated heterocycles. The smallest absolute Gasteiger partial charge is 0.408 e. The number of amides is 1. The molecule has 3 rings (SSSR count). The number of ether oxygens (including phenoxy) is 1. The summed E-state index contributed by atoms with van der Waals surface area (Å²) < 4.78 is 33.0. The van der Waals surface area contributed by atoms with Crippen molar-refractivity contribution in [1.82, 2.24) is 5.32 Å². The fraction of sp³-hybridized carbons (Fsp3) is 0.364. The highest BCUT2D eigenvalue weighted by atomic mass is 79.9. The van der Waals surface area contributed by atoms with Crippen molar-refractivity contribution in [3.05, 3.63) is 64.1 Å². The topological polar surface area (TPSA) is 89.5 Å². The molecule has 0 aliphatic heterocycles. The van der Waals surface area contributed by atoms with E-state index in [1.165, 1.54) is 12.1 Å². The lowest BCUT2D eigenvalue weighted by Gasteiger charge is -2.22. The van der Waals surface area contributed by atoms with Crippen molar-refractivity contribution < 1.29 is 22.7 Å². The van der Waals surface area contributed by atoms with Gasteiger partial charge in [-0.3, -0.25) is 0 Å². The Morgan fingerprint density at radius 1 is 1.10 bits per heavy atom. The number of benzene rings is 2. The van der Waals surface area contributed by atoms with Crippen LogP contribution < -0.4 is 5.32 Å². The summed E-state index contributed by atoms with van der Waals surface area (Å²) in [4.78, 5) is 24.8. The molecular formula is C22H24BrNO5S. The number of hydrogen-bond donors (Lipinski definition) is 1. The van der Waals surface area contributed by atoms with Gasteiger partial charge in [0.05, 0.1) is 4.90 Å². The van der Waals surface area contributed by atoms with Crippen molar-refractivity contribution >= 4 is 38.1 Å². The van der Waals surface area contributed by atoms with E-state index in [1.54, 1.807) is 57.2 Å². The summed E-state index contributed by atoms with van der Waals surface area (Å²) in [5.74, 6) is -0.734. The van der Waals surface area contributed by atoms with Crippen LogP contribution in [0.1, 0.15) is 37.8 Å². The molecule has 1 aliphatic rings. The Hall–Kier alpha value is -2.19. The number of aldehydes is 1. The Kier molecular flexibility index (Phi) is 5.86. The van der Waals surface area contributed by atoms with Gasteiger partial charge in [0, 0.05) is 10.4 Å². The van der Waals surface area contributed by atoms with Crippen LogP contribution in [0.25, 0.3) is 0 Å². The average Bonchev–Trinajstić information content (AvgIpc) is 3.30. The normalized spacial score (nSPS) is 23.5. The van der Waals surface area contributed by atoms with Crippen molar-refractivity contribution in [2.75, 3.05) is 0 Å². The highest BCUT2D eigenvalue weighted by molar-refractivity contribution is 9.10. The third-order valence-corrected chi connectivity index (χ3v) is 7.79. The van der Waals surface area contributed by atoms with Crippen LogP contribution in [0, 0.1) is 6.92 Å². The monoisotopic (exact) mass is 493 g/mol. The molecule has 6 nitrogen and oxygen atoms in total. The van der Waals surface area contributed by atoms with Gasteiger partial charge >= 0.3 is 6.09 Å². The molecule has 0 unspecified atom stereocenters. The second-order valence-corrected chi connectivity index (χ2v) is 11.5. The van der Waals surface area contributed by atoms with Crippen LogP contribution in [0.5, 0.6) is 0 Å². The number of rotatable bonds is 5. The number of nitrogens with one attached hydrogen (secondary N) is 1. The molecule has 160 valence electrons. The summed E-state index contributed by atoms with van der Waals surface area (Å²) >= 11 is 3.35. The Bertz CT molecular complexity index is 1060. The molecule has 2 aromatic carbocycles. The van der Waals surface area contributed by atoms with Crippen LogP contribution >= 0.6 is 15.9 Å². The lowest BCUT2D eigenvalue weighted by Crippen LogP contribution is -2.45. The molecular weight excluding hydrogens is 470 g/mol. The Labute approximate surface area is 185 Å². The molecule has 1 fully saturated rings. The molecule has 0 spiro atoms. The summed E-state index contributed by atoms with van der Waals surface area (Å²) in [6, 6.07) is 13.5. The molecule has 0 bridgehead atoms. The first-order valence-corrected chi connectivity index (χ1v) is 11.8. The third kappa shape index (κ3) is 4.30. The Morgan fingerprint density at radius 3 is 2.17 bits per heavy atom. The van der Waals surface area contributed by atoms with Gasteiger partial charge in [-0.15, -0.1) is 0 Å². The molecule has 0 radical (unpaired) electrons. The molecule has 1 amide bonds. The number of aryl methyl sites for hydroxylation is 1. The Balaban J connectivity index is 2.04. The van der Waals surface area contributed by atoms with Crippen molar-refractivity contribution in [1.29, 1.82) is 0 Å². The van der Waals surface area contributed by atoms with Crippen molar-refractivity contribution in [3.8, 4) is 0 Å². The summed E-state index contributed by atoms with van der Waals surface area (Å²) in [5.41, 5.74) is -0.841. The van der Waals surface area contributed by atoms with Gasteiger partial charge in [-0.05, 0) is 57.5 Å². The highest BCUT2D eigenvalue weighted by Gasteiger charge is 2.73. The maximum absolute atomic E-state index is 13.4. The largest absolute Gasteiger partial charge is 0.444 e. The molecule has 2 aromatic rings. The van der Waals surface area contributed by atoms with Gasteiger partial charge in [0.15, 0.2) is 9.84 Å². The van der Waals surface area contributed by atoms with Crippen LogP contribution in [-0.4, -0.2) is 37.2 Å². The van der Waals surface area contributed by atoms with E-state index >= 15 is 0 Å². The van der Waals surface area contributed by atoms with Crippen LogP contribution in [0.15, 0.2) is 57.9 Å². The quantitative estimate of drug-likeness (QED) is 0.631. The maximum Gasteiger partial charge on any atom is 0.408 e. The summed E-state index contributed by atoms with van der Waals surface area (Å²) in [6.07, 6.45) is -0.321. The standard InChI is InChI=1S/C22H24BrNO5S/c1-14-5-11-17(12-6-14)30(27,28)19-18(15-7-9-16(23)10-8-15)22(19,13-25)24-20(26)29-21(2,3)4/h5-13,18-19H,1-4H3,(H,24,26)/t18-,19+,22-/m0/s1. The lowest BCUT2D eigenvalue weighted by molar-refractivity contribution is -0.110. The summed E-state index contributed by atoms with van der Waals surface area (Å²) in [6.45, 7) is 6.94. The fourth-order valence-corrected chi connectivity index (χ4v) is 6.11. The van der Waals surface area contributed by atoms with E-state index in [-0.39, 0.29) is 4.90 Å². The number of alkyl carbamates (subject to hydrolysis) is 1. The van der Waals surface area contributed by atoms with E-state index in [0.29, 0.717) is 11.8 Å². The molecule has 1 aliphatic carbocycles. The van der Waals surface area contributed by atoms with Crippen molar-refractivity contribution in [2.24, 2.45) is 0 Å². The number of sulfone groups is 1. The van der Waals surface area contributed by atoms with Gasteiger partial charge in [-0.1, -0.05) is 45.8 Å². The molecule has 0 aromatic heterocycles. The van der Waals surface area contributed by atoms with E-state index in [1.807, 2.05) is 6.92 Å². The second-order valence-electron chi connectivity index (χ2n) is 8.49. The van der Waals surface area contributed by atoms with E-state index < -0.39 is 38.2 Å². The molecule has 1 saturated carbocycles. The number of halogens is 1. The van der Waals surface area contributed by atoms with E-state index in [2.05, 4.69) is 21.2 Å². The number of carbonyl (C=O) groups is 2. The average molecular weight is 494 g/mol. The minimum atomic E-state index is -3.91. The Morgan fingerprint density at radius 2 is 1.67 bits per heavy atom. The zero-order chi connectivity index (χ0) is 22.3. The van der Waals surface area contributed by atoms with Gasteiger partial charge in [0.25, 0.3) is 0 Å². The number of carbonyl (C=O) groups excluding carboxylic acids is 2. The zero-order valence-electron chi connectivity index (χ0n) is 17.2. The predicted molar refractivity (Wildman–Crippen MR) is 117 cm³/mol. The van der Waals surface area contributed by atoms with Crippen molar-refractivity contribution in [3.63, 3.8) is 0 Å². The van der Waals surface area contributed by atoms with Gasteiger partial charge in [0.2, 0.25) is 0 Å². The first-order chi connectivity index (χ1) is 13.9. The minimum Gasteiger partial charge on any atom is -0.444 e. The fourth-order valence-electron chi connectivity index (χ4n) is 3.60. The van der Waals surface area contributed by atoms with E-state index in [0.717, 1.165) is 10.0 Å². The number of hydrogen-bond acceptors (Lipinski definition) is 5. The van der Waals surface area contributed by atoms with Gasteiger partial charge in [0.1, 0.15) is 22.7 Å². The molecule has 8 heteroatoms. The molecule has 30 heavy (non-hydrogen) atoms. The van der Waals surface area contributed by atoms with Crippen LogP contribution in [0.3, 0.4) is 0 Å². The molecule has 3 atom stereocenters. The van der Waals surface area contributed by atoms with Crippen LogP contribution in [0.2, 0.25) is 0 Å². The SMILES string of the molecule is Cc1ccc(S(=O)(=O)[C@@H]2[C@H](c3ccc(Br)cc3)[C@]2(C=O)NC(=O)OC(C)(C)C)cc1. The zero-order valence-corrected chi connectivity index (χ0v) is 19.6. The minimum absolute atomic E-state index is 0.106. The first kappa shape index (κ1) is 22.5. The van der Waals surface area contributed by atoms with Crippen molar-refractivity contribution in [2.45, 2.75) is 54.9 Å². The van der Waals surface area contributed by atoms with Gasteiger partial charge < -0.3 is 14.8 Å². The van der Waals surface area contributed by atoms with Crippen LogP contribution in [0.4, 0.5) is 4.79 Å². The van der Waals surface area contributed by atoms with Gasteiger partial charge in [-0.25, -0.2) is 13.2 Å². The maximum atomic E-state index is 13.4. The first-order valence-electron chi connectivity index (χ1n) is 9.44. The van der Waals surface area contributed by atoms with Gasteiger partial charge in [-0.2, -0.15) is 0 Å². The van der Waals surface area contributed by atoms with Crippen LogP contribution in [-0.2, 0) is 19.4 Å². The molecule has 1 N–H and O–H groups in total. The predicted octanol–water partition coefficient (Wildman–Crippen LogP) is 4.16. The summed E-state index contributed by atoms with van der Waals surface area (Å²) in [5, 5.41) is 1.41. The second kappa shape index (κ2) is 7.81. The van der Waals surface area contributed by atoms with E-state index in [9.17, 15) is 18.0 Å². The molecule has 0 heterocycles. The highest BCUT2D eigenvalue weighted by Crippen LogP contribution is 2.56. The van der Waals surface area contributed by atoms with E-state index in [4.69, 9.17) is 4.74 Å². The third-order valence-electron chi connectivity index (χ3n) is 5.00. The summed E-state index contributed by atoms with van der Waals surface area (Å²) in [7, 11) is -3.91. The lowest BCUT2D eigenvalue weighted by atomic mass is 10.1.